The molecule has 0 heterocycles. The third-order valence-corrected chi connectivity index (χ3v) is 4.56. The molecule has 0 fully saturated rings. The standard InChI is InChI=1S/C19H33NO2/c1-3-5-9-16(8-4-2)18-11-7-6-10-17(18)12-13-19(20,14-21)15-22/h6-7,10-11,16,21-22H,3-5,8-9,12-15,20H2,1-2H3. The molecule has 3 nitrogen and oxygen atoms in total. The summed E-state index contributed by atoms with van der Waals surface area (Å²) in [4.78, 5) is 0. The molecule has 0 aliphatic heterocycles. The van der Waals surface area contributed by atoms with Gasteiger partial charge in [0.2, 0.25) is 0 Å². The molecule has 1 aromatic carbocycles. The number of hydrogen-bond donors (Lipinski definition) is 3. The normalized spacial score (nSPS) is 13.3. The number of rotatable bonds is 11. The third kappa shape index (κ3) is 5.71. The zero-order chi connectivity index (χ0) is 16.4. The van der Waals surface area contributed by atoms with Crippen LogP contribution in [0.1, 0.15) is 69.4 Å². The van der Waals surface area contributed by atoms with Crippen molar-refractivity contribution in [2.45, 2.75) is 70.3 Å². The van der Waals surface area contributed by atoms with Gasteiger partial charge in [0.05, 0.1) is 18.8 Å². The highest BCUT2D eigenvalue weighted by molar-refractivity contribution is 5.31. The minimum atomic E-state index is -0.878. The molecule has 22 heavy (non-hydrogen) atoms. The second kappa shape index (κ2) is 9.98. The maximum Gasteiger partial charge on any atom is 0.0633 e. The molecule has 0 bridgehead atoms. The molecule has 0 saturated carbocycles. The van der Waals surface area contributed by atoms with Crippen molar-refractivity contribution in [3.8, 4) is 0 Å². The summed E-state index contributed by atoms with van der Waals surface area (Å²) >= 11 is 0. The van der Waals surface area contributed by atoms with Crippen molar-refractivity contribution in [2.75, 3.05) is 13.2 Å². The quantitative estimate of drug-likeness (QED) is 0.587. The van der Waals surface area contributed by atoms with Gasteiger partial charge >= 0.3 is 0 Å². The Bertz CT molecular complexity index is 416. The Hall–Kier alpha value is -0.900. The van der Waals surface area contributed by atoms with Crippen LogP contribution in [-0.2, 0) is 6.42 Å². The van der Waals surface area contributed by atoms with Crippen LogP contribution in [0.4, 0.5) is 0 Å². The Balaban J connectivity index is 2.87. The predicted molar refractivity (Wildman–Crippen MR) is 93.0 cm³/mol. The highest BCUT2D eigenvalue weighted by atomic mass is 16.3. The molecule has 0 aliphatic rings. The van der Waals surface area contributed by atoms with Gasteiger partial charge in [0.25, 0.3) is 0 Å². The van der Waals surface area contributed by atoms with Crippen molar-refractivity contribution in [3.63, 3.8) is 0 Å². The largest absolute Gasteiger partial charge is 0.394 e. The second-order valence-electron chi connectivity index (χ2n) is 6.51. The molecule has 3 heteroatoms. The summed E-state index contributed by atoms with van der Waals surface area (Å²) in [6, 6.07) is 8.58. The van der Waals surface area contributed by atoms with Crippen LogP contribution in [0.2, 0.25) is 0 Å². The Kier molecular flexibility index (Phi) is 8.69. The van der Waals surface area contributed by atoms with Crippen LogP contribution < -0.4 is 5.73 Å². The monoisotopic (exact) mass is 307 g/mol. The van der Waals surface area contributed by atoms with Crippen molar-refractivity contribution in [1.82, 2.24) is 0 Å². The Labute approximate surface area is 135 Å². The van der Waals surface area contributed by atoms with E-state index in [0.29, 0.717) is 12.3 Å². The minimum Gasteiger partial charge on any atom is -0.394 e. The van der Waals surface area contributed by atoms with Gasteiger partial charge in [0, 0.05) is 0 Å². The lowest BCUT2D eigenvalue weighted by atomic mass is 9.84. The number of aliphatic hydroxyl groups excluding tert-OH is 2. The van der Waals surface area contributed by atoms with E-state index in [0.717, 1.165) is 6.42 Å². The van der Waals surface area contributed by atoms with Gasteiger partial charge in [-0.15, -0.1) is 0 Å². The lowest BCUT2D eigenvalue weighted by molar-refractivity contribution is 0.115. The zero-order valence-electron chi connectivity index (χ0n) is 14.2. The summed E-state index contributed by atoms with van der Waals surface area (Å²) in [5.74, 6) is 0.608. The highest BCUT2D eigenvalue weighted by Crippen LogP contribution is 2.30. The molecule has 0 radical (unpaired) electrons. The van der Waals surface area contributed by atoms with E-state index >= 15 is 0 Å². The Morgan fingerprint density at radius 3 is 2.32 bits per heavy atom. The lowest BCUT2D eigenvalue weighted by Crippen LogP contribution is -2.47. The second-order valence-corrected chi connectivity index (χ2v) is 6.51. The van der Waals surface area contributed by atoms with Gasteiger partial charge in [-0.25, -0.2) is 0 Å². The smallest absolute Gasteiger partial charge is 0.0633 e. The van der Waals surface area contributed by atoms with E-state index in [1.807, 2.05) is 0 Å². The van der Waals surface area contributed by atoms with Crippen LogP contribution in [0.15, 0.2) is 24.3 Å². The Morgan fingerprint density at radius 2 is 1.73 bits per heavy atom. The molecule has 0 saturated heterocycles. The fourth-order valence-electron chi connectivity index (χ4n) is 3.01. The zero-order valence-corrected chi connectivity index (χ0v) is 14.2. The molecular formula is C19H33NO2. The molecule has 1 unspecified atom stereocenters. The first-order chi connectivity index (χ1) is 10.6. The Morgan fingerprint density at radius 1 is 1.05 bits per heavy atom. The van der Waals surface area contributed by atoms with Crippen molar-refractivity contribution >= 4 is 0 Å². The van der Waals surface area contributed by atoms with Gasteiger partial charge in [-0.2, -0.15) is 0 Å². The number of hydrogen-bond acceptors (Lipinski definition) is 3. The van der Waals surface area contributed by atoms with Gasteiger partial charge < -0.3 is 15.9 Å². The number of nitrogens with two attached hydrogens (primary N) is 1. The molecule has 0 aromatic heterocycles. The van der Waals surface area contributed by atoms with E-state index in [9.17, 15) is 10.2 Å². The fourth-order valence-corrected chi connectivity index (χ4v) is 3.01. The van der Waals surface area contributed by atoms with Crippen LogP contribution in [0.25, 0.3) is 0 Å². The highest BCUT2D eigenvalue weighted by Gasteiger charge is 2.23. The van der Waals surface area contributed by atoms with E-state index in [1.54, 1.807) is 0 Å². The van der Waals surface area contributed by atoms with Gasteiger partial charge in [-0.05, 0) is 42.7 Å². The predicted octanol–water partition coefficient (Wildman–Crippen LogP) is 3.38. The van der Waals surface area contributed by atoms with Crippen molar-refractivity contribution in [3.05, 3.63) is 35.4 Å². The summed E-state index contributed by atoms with van der Waals surface area (Å²) < 4.78 is 0. The van der Waals surface area contributed by atoms with Gasteiger partial charge in [-0.3, -0.25) is 0 Å². The van der Waals surface area contributed by atoms with Crippen LogP contribution >= 0.6 is 0 Å². The molecule has 0 spiro atoms. The van der Waals surface area contributed by atoms with Crippen LogP contribution in [0, 0.1) is 0 Å². The maximum atomic E-state index is 9.36. The van der Waals surface area contributed by atoms with Gasteiger partial charge in [0.1, 0.15) is 0 Å². The SMILES string of the molecule is CCCCC(CCC)c1ccccc1CCC(N)(CO)CO. The maximum absolute atomic E-state index is 9.36. The average molecular weight is 307 g/mol. The first-order valence-corrected chi connectivity index (χ1v) is 8.68. The number of aliphatic hydroxyl groups is 2. The van der Waals surface area contributed by atoms with E-state index in [1.165, 1.54) is 43.2 Å². The molecular weight excluding hydrogens is 274 g/mol. The number of benzene rings is 1. The first kappa shape index (κ1) is 19.1. The fraction of sp³-hybridized carbons (Fsp3) is 0.684. The van der Waals surface area contributed by atoms with Crippen LogP contribution in [-0.4, -0.2) is 29.0 Å². The number of unbranched alkanes of at least 4 members (excludes halogenated alkanes) is 1. The van der Waals surface area contributed by atoms with E-state index in [-0.39, 0.29) is 13.2 Å². The third-order valence-electron chi connectivity index (χ3n) is 4.56. The number of aryl methyl sites for hydroxylation is 1. The van der Waals surface area contributed by atoms with E-state index in [2.05, 4.69) is 38.1 Å². The molecule has 1 aromatic rings. The van der Waals surface area contributed by atoms with Crippen LogP contribution in [0.5, 0.6) is 0 Å². The van der Waals surface area contributed by atoms with E-state index < -0.39 is 5.54 Å². The van der Waals surface area contributed by atoms with E-state index in [4.69, 9.17) is 5.73 Å². The summed E-state index contributed by atoms with van der Waals surface area (Å²) in [5.41, 5.74) is 7.87. The molecule has 4 N–H and O–H groups in total. The molecule has 126 valence electrons. The summed E-state index contributed by atoms with van der Waals surface area (Å²) in [6.45, 7) is 4.12. The van der Waals surface area contributed by atoms with Crippen molar-refractivity contribution in [2.24, 2.45) is 5.73 Å². The van der Waals surface area contributed by atoms with Gasteiger partial charge in [0.15, 0.2) is 0 Å². The summed E-state index contributed by atoms with van der Waals surface area (Å²) in [7, 11) is 0. The first-order valence-electron chi connectivity index (χ1n) is 8.68. The van der Waals surface area contributed by atoms with Crippen molar-refractivity contribution in [1.29, 1.82) is 0 Å². The molecule has 0 aliphatic carbocycles. The summed E-state index contributed by atoms with van der Waals surface area (Å²) in [6.07, 6.45) is 7.52. The van der Waals surface area contributed by atoms with Crippen LogP contribution in [0.3, 0.4) is 0 Å². The summed E-state index contributed by atoms with van der Waals surface area (Å²) in [5, 5.41) is 18.7. The topological polar surface area (TPSA) is 66.5 Å². The average Bonchev–Trinajstić information content (AvgIpc) is 2.57. The minimum absolute atomic E-state index is 0.181. The van der Waals surface area contributed by atoms with Crippen molar-refractivity contribution < 1.29 is 10.2 Å². The molecule has 0 amide bonds. The molecule has 1 atom stereocenters. The lowest BCUT2D eigenvalue weighted by Gasteiger charge is -2.26. The van der Waals surface area contributed by atoms with Gasteiger partial charge in [-0.1, -0.05) is 57.4 Å². The molecule has 1 rings (SSSR count).